The van der Waals surface area contributed by atoms with Gasteiger partial charge in [-0.3, -0.25) is 0 Å². The summed E-state index contributed by atoms with van der Waals surface area (Å²) in [5.41, 5.74) is 1.64. The zero-order valence-corrected chi connectivity index (χ0v) is 13.4. The maximum atomic E-state index is 14.1. The lowest BCUT2D eigenvalue weighted by molar-refractivity contribution is 0.544. The Morgan fingerprint density at radius 3 is 2.62 bits per heavy atom. The molecule has 1 N–H and O–H groups in total. The Balaban J connectivity index is 2.28. The molecule has 0 aromatic heterocycles. The summed E-state index contributed by atoms with van der Waals surface area (Å²) in [5, 5.41) is 4.59. The normalized spacial score (nSPS) is 12.4. The molecule has 0 amide bonds. The number of halogens is 3. The third-order valence-electron chi connectivity index (χ3n) is 3.46. The summed E-state index contributed by atoms with van der Waals surface area (Å²) in [7, 11) is 0. The summed E-state index contributed by atoms with van der Waals surface area (Å²) >= 11 is 12.3. The van der Waals surface area contributed by atoms with Crippen LogP contribution in [0.1, 0.15) is 24.0 Å². The van der Waals surface area contributed by atoms with Crippen molar-refractivity contribution in [1.29, 1.82) is 0 Å². The van der Waals surface area contributed by atoms with Gasteiger partial charge in [0.2, 0.25) is 0 Å². The van der Waals surface area contributed by atoms with Crippen molar-refractivity contribution in [2.24, 2.45) is 0 Å². The van der Waals surface area contributed by atoms with Crippen molar-refractivity contribution in [3.63, 3.8) is 0 Å². The highest BCUT2D eigenvalue weighted by atomic mass is 35.5. The van der Waals surface area contributed by atoms with Gasteiger partial charge < -0.3 is 5.32 Å². The van der Waals surface area contributed by atoms with Crippen LogP contribution in [0.25, 0.3) is 0 Å². The van der Waals surface area contributed by atoms with E-state index in [9.17, 15) is 4.39 Å². The Kier molecular flexibility index (Phi) is 6.04. The van der Waals surface area contributed by atoms with Crippen LogP contribution in [0.4, 0.5) is 4.39 Å². The SMILES string of the molecule is CCNCC(Cc1cc(Cl)ccc1Cl)c1ccccc1F. The van der Waals surface area contributed by atoms with Gasteiger partial charge in [-0.1, -0.05) is 48.3 Å². The molecule has 0 aliphatic heterocycles. The number of hydrogen-bond acceptors (Lipinski definition) is 1. The number of rotatable bonds is 6. The minimum atomic E-state index is -0.182. The van der Waals surface area contributed by atoms with E-state index >= 15 is 0 Å². The van der Waals surface area contributed by atoms with Gasteiger partial charge in [0.05, 0.1) is 0 Å². The lowest BCUT2D eigenvalue weighted by atomic mass is 9.91. The van der Waals surface area contributed by atoms with Gasteiger partial charge >= 0.3 is 0 Å². The Bertz CT molecular complexity index is 601. The van der Waals surface area contributed by atoms with Crippen molar-refractivity contribution in [1.82, 2.24) is 5.32 Å². The molecule has 2 rings (SSSR count). The van der Waals surface area contributed by atoms with E-state index in [0.717, 1.165) is 12.1 Å². The molecule has 0 aliphatic rings. The molecule has 4 heteroatoms. The van der Waals surface area contributed by atoms with Crippen LogP contribution in [0.15, 0.2) is 42.5 Å². The molecule has 2 aromatic carbocycles. The highest BCUT2D eigenvalue weighted by Gasteiger charge is 2.17. The van der Waals surface area contributed by atoms with Crippen LogP contribution in [0.5, 0.6) is 0 Å². The summed E-state index contributed by atoms with van der Waals surface area (Å²) in [6.07, 6.45) is 0.646. The van der Waals surface area contributed by atoms with E-state index < -0.39 is 0 Å². The molecular weight excluding hydrogens is 308 g/mol. The molecule has 0 radical (unpaired) electrons. The Morgan fingerprint density at radius 2 is 1.90 bits per heavy atom. The van der Waals surface area contributed by atoms with E-state index in [0.29, 0.717) is 28.6 Å². The van der Waals surface area contributed by atoms with Crippen molar-refractivity contribution in [3.8, 4) is 0 Å². The molecule has 0 spiro atoms. The maximum Gasteiger partial charge on any atom is 0.126 e. The van der Waals surface area contributed by atoms with Crippen molar-refractivity contribution >= 4 is 23.2 Å². The van der Waals surface area contributed by atoms with Gasteiger partial charge in [-0.2, -0.15) is 0 Å². The summed E-state index contributed by atoms with van der Waals surface area (Å²) < 4.78 is 14.1. The van der Waals surface area contributed by atoms with Crippen LogP contribution in [0, 0.1) is 5.82 Å². The highest BCUT2D eigenvalue weighted by Crippen LogP contribution is 2.28. The van der Waals surface area contributed by atoms with Gasteiger partial charge in [0.25, 0.3) is 0 Å². The van der Waals surface area contributed by atoms with E-state index in [-0.39, 0.29) is 11.7 Å². The van der Waals surface area contributed by atoms with Gasteiger partial charge in [-0.25, -0.2) is 4.39 Å². The highest BCUT2D eigenvalue weighted by molar-refractivity contribution is 6.33. The van der Waals surface area contributed by atoms with Crippen LogP contribution < -0.4 is 5.32 Å². The fraction of sp³-hybridized carbons (Fsp3) is 0.294. The van der Waals surface area contributed by atoms with Gasteiger partial charge in [0.15, 0.2) is 0 Å². The van der Waals surface area contributed by atoms with Gasteiger partial charge in [-0.15, -0.1) is 0 Å². The molecule has 2 aromatic rings. The minimum Gasteiger partial charge on any atom is -0.316 e. The summed E-state index contributed by atoms with van der Waals surface area (Å²) in [4.78, 5) is 0. The van der Waals surface area contributed by atoms with E-state index in [1.165, 1.54) is 6.07 Å². The molecule has 0 aliphatic carbocycles. The largest absolute Gasteiger partial charge is 0.316 e. The second-order valence-electron chi connectivity index (χ2n) is 4.97. The third-order valence-corrected chi connectivity index (χ3v) is 4.06. The van der Waals surface area contributed by atoms with E-state index in [2.05, 4.69) is 5.32 Å². The second-order valence-corrected chi connectivity index (χ2v) is 5.81. The standard InChI is InChI=1S/C17H18Cl2FN/c1-2-21-11-13(15-5-3-4-6-17(15)20)9-12-10-14(18)7-8-16(12)19/h3-8,10,13,21H,2,9,11H2,1H3. The van der Waals surface area contributed by atoms with Crippen LogP contribution in [-0.2, 0) is 6.42 Å². The average Bonchev–Trinajstić information content (AvgIpc) is 2.48. The van der Waals surface area contributed by atoms with Crippen molar-refractivity contribution < 1.29 is 4.39 Å². The molecule has 0 heterocycles. The van der Waals surface area contributed by atoms with E-state index in [1.54, 1.807) is 18.2 Å². The first kappa shape index (κ1) is 16.3. The monoisotopic (exact) mass is 325 g/mol. The number of hydrogen-bond donors (Lipinski definition) is 1. The molecule has 0 fully saturated rings. The van der Waals surface area contributed by atoms with Gasteiger partial charge in [0.1, 0.15) is 5.82 Å². The molecule has 0 saturated heterocycles. The first-order valence-electron chi connectivity index (χ1n) is 7.01. The quantitative estimate of drug-likeness (QED) is 0.782. The van der Waals surface area contributed by atoms with E-state index in [4.69, 9.17) is 23.2 Å². The van der Waals surface area contributed by atoms with Crippen molar-refractivity contribution in [2.75, 3.05) is 13.1 Å². The third kappa shape index (κ3) is 4.44. The molecule has 1 atom stereocenters. The number of benzene rings is 2. The summed E-state index contributed by atoms with van der Waals surface area (Å²) in [5.74, 6) is -0.166. The molecule has 112 valence electrons. The summed E-state index contributed by atoms with van der Waals surface area (Å²) in [6, 6.07) is 12.3. The van der Waals surface area contributed by atoms with Gasteiger partial charge in [-0.05, 0) is 48.4 Å². The number of nitrogens with one attached hydrogen (secondary N) is 1. The van der Waals surface area contributed by atoms with Crippen LogP contribution in [0.3, 0.4) is 0 Å². The van der Waals surface area contributed by atoms with Crippen LogP contribution in [0.2, 0.25) is 10.0 Å². The summed E-state index contributed by atoms with van der Waals surface area (Å²) in [6.45, 7) is 3.57. The average molecular weight is 326 g/mol. The van der Waals surface area contributed by atoms with E-state index in [1.807, 2.05) is 25.1 Å². The lowest BCUT2D eigenvalue weighted by Crippen LogP contribution is -2.23. The lowest BCUT2D eigenvalue weighted by Gasteiger charge is -2.19. The first-order valence-corrected chi connectivity index (χ1v) is 7.76. The fourth-order valence-corrected chi connectivity index (χ4v) is 2.77. The first-order chi connectivity index (χ1) is 10.1. The predicted octanol–water partition coefficient (Wildman–Crippen LogP) is 5.07. The molecular formula is C17H18Cl2FN. The zero-order valence-electron chi connectivity index (χ0n) is 11.9. The molecule has 0 bridgehead atoms. The van der Waals surface area contributed by atoms with Crippen LogP contribution >= 0.6 is 23.2 Å². The Morgan fingerprint density at radius 1 is 1.14 bits per heavy atom. The number of likely N-dealkylation sites (N-methyl/N-ethyl adjacent to an activating group) is 1. The molecule has 0 saturated carbocycles. The molecule has 1 nitrogen and oxygen atoms in total. The van der Waals surface area contributed by atoms with Gasteiger partial charge in [0, 0.05) is 22.5 Å². The van der Waals surface area contributed by atoms with Crippen molar-refractivity contribution in [3.05, 3.63) is 69.5 Å². The Hall–Kier alpha value is -1.09. The maximum absolute atomic E-state index is 14.1. The fourth-order valence-electron chi connectivity index (χ4n) is 2.38. The van der Waals surface area contributed by atoms with Crippen LogP contribution in [-0.4, -0.2) is 13.1 Å². The molecule has 21 heavy (non-hydrogen) atoms. The smallest absolute Gasteiger partial charge is 0.126 e. The second kappa shape index (κ2) is 7.79. The minimum absolute atomic E-state index is 0.0158. The zero-order chi connectivity index (χ0) is 15.2. The predicted molar refractivity (Wildman–Crippen MR) is 87.9 cm³/mol. The van der Waals surface area contributed by atoms with Crippen molar-refractivity contribution in [2.45, 2.75) is 19.3 Å². The Labute approximate surface area is 135 Å². The molecule has 1 unspecified atom stereocenters. The topological polar surface area (TPSA) is 12.0 Å².